The van der Waals surface area contributed by atoms with Gasteiger partial charge in [0.05, 0.1) is 17.7 Å². The van der Waals surface area contributed by atoms with Gasteiger partial charge in [-0.15, -0.1) is 0 Å². The molecule has 2 fully saturated rings. The summed E-state index contributed by atoms with van der Waals surface area (Å²) >= 11 is 6.15. The molecule has 2 heterocycles. The summed E-state index contributed by atoms with van der Waals surface area (Å²) in [4.78, 5) is 2.00. The Kier molecular flexibility index (Phi) is 6.11. The highest BCUT2D eigenvalue weighted by Crippen LogP contribution is 2.37. The molecular weight excluding hydrogens is 421 g/mol. The molecule has 0 radical (unpaired) electrons. The molecule has 9 heteroatoms. The maximum atomic E-state index is 12.9. The Hall–Kier alpha value is -2.00. The zero-order valence-electron chi connectivity index (χ0n) is 16.0. The maximum Gasteiger partial charge on any atom is 0.396 e. The monoisotopic (exact) mass is 442 g/mol. The van der Waals surface area contributed by atoms with Gasteiger partial charge in [-0.25, -0.2) is 0 Å². The number of nitrogens with one attached hydrogen (secondary N) is 1. The predicted molar refractivity (Wildman–Crippen MR) is 107 cm³/mol. The summed E-state index contributed by atoms with van der Waals surface area (Å²) < 4.78 is 50.3. The van der Waals surface area contributed by atoms with Crippen LogP contribution in [-0.4, -0.2) is 43.2 Å². The maximum absolute atomic E-state index is 12.9. The van der Waals surface area contributed by atoms with Crippen LogP contribution in [0.2, 0.25) is 5.02 Å². The molecule has 5 nitrogen and oxygen atoms in total. The lowest BCUT2D eigenvalue weighted by atomic mass is 10.00. The van der Waals surface area contributed by atoms with Gasteiger partial charge >= 0.3 is 6.18 Å². The molecule has 2 N–H and O–H groups in total. The molecule has 0 aliphatic carbocycles. The Bertz CT molecular complexity index is 896. The highest BCUT2D eigenvalue weighted by Gasteiger charge is 2.51. The molecule has 0 amide bonds. The first-order valence-electron chi connectivity index (χ1n) is 9.72. The minimum absolute atomic E-state index is 0.110. The molecule has 3 atom stereocenters. The van der Waals surface area contributed by atoms with Crippen LogP contribution in [0.15, 0.2) is 42.5 Å². The lowest BCUT2D eigenvalue weighted by Gasteiger charge is -2.40. The van der Waals surface area contributed by atoms with Gasteiger partial charge in [-0.1, -0.05) is 29.8 Å². The quantitative estimate of drug-likeness (QED) is 0.697. The summed E-state index contributed by atoms with van der Waals surface area (Å²) in [6, 6.07) is 12.4. The number of anilines is 1. The number of aliphatic hydroxyl groups is 1. The van der Waals surface area contributed by atoms with E-state index in [1.165, 1.54) is 0 Å². The summed E-state index contributed by atoms with van der Waals surface area (Å²) in [5, 5.41) is 12.9. The van der Waals surface area contributed by atoms with E-state index in [2.05, 4.69) is 5.32 Å². The molecule has 0 aromatic heterocycles. The second kappa shape index (κ2) is 8.63. The van der Waals surface area contributed by atoms with Gasteiger partial charge in [0.2, 0.25) is 0 Å². The molecule has 4 rings (SSSR count). The van der Waals surface area contributed by atoms with Crippen LogP contribution in [-0.2, 0) is 11.3 Å². The Morgan fingerprint density at radius 2 is 2.00 bits per heavy atom. The molecule has 0 bridgehead atoms. The van der Waals surface area contributed by atoms with Crippen molar-refractivity contribution in [3.8, 4) is 11.5 Å². The number of rotatable bonds is 6. The van der Waals surface area contributed by atoms with Gasteiger partial charge in [0.25, 0.3) is 0 Å². The highest BCUT2D eigenvalue weighted by molar-refractivity contribution is 6.32. The van der Waals surface area contributed by atoms with Gasteiger partial charge in [0, 0.05) is 37.0 Å². The van der Waals surface area contributed by atoms with E-state index in [-0.39, 0.29) is 19.3 Å². The fourth-order valence-corrected chi connectivity index (χ4v) is 3.89. The third kappa shape index (κ3) is 4.51. The number of para-hydroxylation sites is 1. The van der Waals surface area contributed by atoms with Crippen molar-refractivity contribution in [2.75, 3.05) is 24.5 Å². The number of benzene rings is 2. The van der Waals surface area contributed by atoms with Gasteiger partial charge in [0.15, 0.2) is 0 Å². The Balaban J connectivity index is 1.45. The smallest absolute Gasteiger partial charge is 0.396 e. The first-order chi connectivity index (χ1) is 14.3. The van der Waals surface area contributed by atoms with Crippen molar-refractivity contribution in [1.29, 1.82) is 0 Å². The summed E-state index contributed by atoms with van der Waals surface area (Å²) in [6.07, 6.45) is -4.99. The number of ether oxygens (including phenoxy) is 2. The molecular formula is C21H22ClF3N2O3. The Labute approximate surface area is 177 Å². The normalized spacial score (nSPS) is 24.0. The molecule has 0 spiro atoms. The number of aliphatic hydroxyl groups excluding tert-OH is 1. The highest BCUT2D eigenvalue weighted by atomic mass is 35.5. The number of hydrogen-bond acceptors (Lipinski definition) is 5. The summed E-state index contributed by atoms with van der Waals surface area (Å²) in [7, 11) is 0. The van der Waals surface area contributed by atoms with Gasteiger partial charge in [0.1, 0.15) is 23.6 Å². The van der Waals surface area contributed by atoms with Crippen LogP contribution < -0.4 is 15.0 Å². The largest absolute Gasteiger partial charge is 0.456 e. The minimum atomic E-state index is -4.26. The first kappa shape index (κ1) is 21.2. The van der Waals surface area contributed by atoms with Crippen LogP contribution >= 0.6 is 11.6 Å². The number of nitrogens with zero attached hydrogens (tertiary/aromatic N) is 1. The molecule has 2 aromatic carbocycles. The van der Waals surface area contributed by atoms with Gasteiger partial charge in [-0.05, 0) is 24.6 Å². The standard InChI is InChI=1S/C21H22ClF3N2O3/c22-17-3-1-2-4-19(17)29-14-6-5-13(12-28)18(9-14)27-8-7-15(11-27)30-20-16(10-26-20)21(23,24)25/h1-6,9,15-16,20,26,28H,7-8,10-12H2/t15-,16-,20?/m0/s1. The van der Waals surface area contributed by atoms with Crippen molar-refractivity contribution in [2.24, 2.45) is 5.92 Å². The second-order valence-corrected chi connectivity index (χ2v) is 7.86. The second-order valence-electron chi connectivity index (χ2n) is 7.45. The minimum Gasteiger partial charge on any atom is -0.456 e. The van der Waals surface area contributed by atoms with E-state index in [9.17, 15) is 18.3 Å². The van der Waals surface area contributed by atoms with Gasteiger partial charge < -0.3 is 19.5 Å². The molecule has 0 saturated carbocycles. The van der Waals surface area contributed by atoms with E-state index in [0.717, 1.165) is 5.69 Å². The van der Waals surface area contributed by atoms with E-state index in [1.807, 2.05) is 11.0 Å². The van der Waals surface area contributed by atoms with Crippen molar-refractivity contribution in [3.63, 3.8) is 0 Å². The fourth-order valence-electron chi connectivity index (χ4n) is 3.72. The Morgan fingerprint density at radius 1 is 1.20 bits per heavy atom. The molecule has 1 unspecified atom stereocenters. The third-order valence-corrected chi connectivity index (χ3v) is 5.75. The van der Waals surface area contributed by atoms with Crippen LogP contribution in [0.3, 0.4) is 0 Å². The molecule has 162 valence electrons. The molecule has 2 saturated heterocycles. The predicted octanol–water partition coefficient (Wildman–Crippen LogP) is 4.33. The number of hydrogen-bond donors (Lipinski definition) is 2. The summed E-state index contributed by atoms with van der Waals surface area (Å²) in [5.74, 6) is -0.400. The van der Waals surface area contributed by atoms with E-state index >= 15 is 0 Å². The van der Waals surface area contributed by atoms with E-state index in [4.69, 9.17) is 21.1 Å². The average Bonchev–Trinajstić information content (AvgIpc) is 3.14. The van der Waals surface area contributed by atoms with Crippen molar-refractivity contribution >= 4 is 17.3 Å². The third-order valence-electron chi connectivity index (χ3n) is 5.44. The SMILES string of the molecule is OCc1ccc(Oc2ccccc2Cl)cc1N1CC[C@H](OC2NC[C@@H]2C(F)(F)F)C1. The van der Waals surface area contributed by atoms with Gasteiger partial charge in [-0.2, -0.15) is 13.2 Å². The Morgan fingerprint density at radius 3 is 2.67 bits per heavy atom. The number of alkyl halides is 3. The van der Waals surface area contributed by atoms with Crippen LogP contribution in [0.4, 0.5) is 18.9 Å². The van der Waals surface area contributed by atoms with Crippen LogP contribution in [0.25, 0.3) is 0 Å². The first-order valence-corrected chi connectivity index (χ1v) is 10.1. The van der Waals surface area contributed by atoms with E-state index < -0.39 is 18.3 Å². The average molecular weight is 443 g/mol. The zero-order chi connectivity index (χ0) is 21.3. The van der Waals surface area contributed by atoms with Crippen molar-refractivity contribution in [2.45, 2.75) is 31.5 Å². The molecule has 2 aliphatic rings. The van der Waals surface area contributed by atoms with Crippen molar-refractivity contribution < 1.29 is 27.8 Å². The number of halogens is 4. The lowest BCUT2D eigenvalue weighted by Crippen LogP contribution is -2.61. The zero-order valence-corrected chi connectivity index (χ0v) is 16.8. The molecule has 30 heavy (non-hydrogen) atoms. The van der Waals surface area contributed by atoms with E-state index in [1.54, 1.807) is 36.4 Å². The van der Waals surface area contributed by atoms with Crippen molar-refractivity contribution in [3.05, 3.63) is 53.1 Å². The fraction of sp³-hybridized carbons (Fsp3) is 0.429. The molecule has 2 aromatic rings. The van der Waals surface area contributed by atoms with Crippen LogP contribution in [0, 0.1) is 5.92 Å². The van der Waals surface area contributed by atoms with Gasteiger partial charge in [-0.3, -0.25) is 5.32 Å². The summed E-state index contributed by atoms with van der Waals surface area (Å²) in [5.41, 5.74) is 1.47. The van der Waals surface area contributed by atoms with Crippen molar-refractivity contribution in [1.82, 2.24) is 5.32 Å². The summed E-state index contributed by atoms with van der Waals surface area (Å²) in [6.45, 7) is 0.771. The lowest BCUT2D eigenvalue weighted by molar-refractivity contribution is -0.245. The van der Waals surface area contributed by atoms with Crippen LogP contribution in [0.5, 0.6) is 11.5 Å². The topological polar surface area (TPSA) is 54.0 Å². The van der Waals surface area contributed by atoms with Crippen LogP contribution in [0.1, 0.15) is 12.0 Å². The molecule has 2 aliphatic heterocycles. The van der Waals surface area contributed by atoms with E-state index in [0.29, 0.717) is 41.6 Å².